The number of carboxylic acids is 1. The van der Waals surface area contributed by atoms with Crippen LogP contribution in [0.3, 0.4) is 0 Å². The van der Waals surface area contributed by atoms with Crippen molar-refractivity contribution in [1.82, 2.24) is 19.9 Å². The van der Waals surface area contributed by atoms with Crippen molar-refractivity contribution >= 4 is 28.4 Å². The van der Waals surface area contributed by atoms with Gasteiger partial charge in [-0.25, -0.2) is 23.7 Å². The maximum absolute atomic E-state index is 14.5. The third kappa shape index (κ3) is 5.23. The Morgan fingerprint density at radius 1 is 1.00 bits per heavy atom. The maximum Gasteiger partial charge on any atom is 0.312 e. The Bertz CT molecular complexity index is 1710. The molecule has 3 saturated carbocycles. The number of benzene rings is 2. The number of nitrogens with zero attached hydrogens (tertiary/aromatic N) is 4. The van der Waals surface area contributed by atoms with E-state index in [0.717, 1.165) is 68.8 Å². The normalized spacial score (nSPS) is 24.1. The zero-order valence-electron chi connectivity index (χ0n) is 23.6. The molecule has 2 aromatic carbocycles. The van der Waals surface area contributed by atoms with Crippen molar-refractivity contribution in [3.63, 3.8) is 0 Å². The van der Waals surface area contributed by atoms with E-state index in [0.29, 0.717) is 28.2 Å². The summed E-state index contributed by atoms with van der Waals surface area (Å²) in [4.78, 5) is 31.6. The largest absolute Gasteiger partial charge is 0.481 e. The van der Waals surface area contributed by atoms with E-state index in [1.807, 2.05) is 24.3 Å². The molecule has 2 aromatic heterocycles. The van der Waals surface area contributed by atoms with Gasteiger partial charge in [-0.05, 0) is 62.0 Å². The molecule has 3 aliphatic carbocycles. The van der Waals surface area contributed by atoms with Crippen LogP contribution in [0.4, 0.5) is 14.6 Å². The third-order valence-electron chi connectivity index (χ3n) is 9.39. The van der Waals surface area contributed by atoms with Crippen LogP contribution in [-0.2, 0) is 4.79 Å². The number of carbonyl (C=O) groups is 1. The quantitative estimate of drug-likeness (QED) is 0.234. The van der Waals surface area contributed by atoms with Gasteiger partial charge in [-0.3, -0.25) is 9.69 Å². The summed E-state index contributed by atoms with van der Waals surface area (Å²) in [7, 11) is 0. The minimum absolute atomic E-state index is 0.0560. The zero-order valence-corrected chi connectivity index (χ0v) is 23.6. The molecule has 8 rings (SSSR count). The lowest BCUT2D eigenvalue weighted by Crippen LogP contribution is -2.44. The highest BCUT2D eigenvalue weighted by Gasteiger charge is 2.44. The molecule has 1 aliphatic heterocycles. The molecule has 10 heteroatoms. The molecule has 0 radical (unpaired) electrons. The number of aliphatic carboxylic acids is 1. The average molecular weight is 586 g/mol. The second-order valence-corrected chi connectivity index (χ2v) is 12.0. The Kier molecular flexibility index (Phi) is 7.26. The summed E-state index contributed by atoms with van der Waals surface area (Å²) in [5, 5.41) is 21.3. The number of aromatic amines is 1. The van der Waals surface area contributed by atoms with E-state index in [9.17, 15) is 23.8 Å². The number of fused-ring (bicyclic) bond motifs is 4. The van der Waals surface area contributed by atoms with E-state index in [2.05, 4.69) is 14.9 Å². The van der Waals surface area contributed by atoms with Crippen molar-refractivity contribution in [1.29, 1.82) is 0 Å². The van der Waals surface area contributed by atoms with Crippen LogP contribution < -0.4 is 0 Å². The molecule has 1 saturated heterocycles. The highest BCUT2D eigenvalue weighted by molar-refractivity contribution is 6.05. The average Bonchev–Trinajstić information content (AvgIpc) is 3.46. The van der Waals surface area contributed by atoms with Crippen LogP contribution in [-0.4, -0.2) is 54.8 Å². The number of hydrogen-bond donors (Lipinski definition) is 3. The highest BCUT2D eigenvalue weighted by atomic mass is 19.1. The number of nitrogens with one attached hydrogen (secondary N) is 1. The van der Waals surface area contributed by atoms with Gasteiger partial charge in [0.2, 0.25) is 0 Å². The zero-order chi connectivity index (χ0) is 29.7. The lowest BCUT2D eigenvalue weighted by molar-refractivity contribution is -0.142. The van der Waals surface area contributed by atoms with Crippen LogP contribution in [0.25, 0.3) is 33.5 Å². The van der Waals surface area contributed by atoms with Crippen molar-refractivity contribution in [3.05, 3.63) is 65.9 Å². The third-order valence-corrected chi connectivity index (χ3v) is 9.39. The second kappa shape index (κ2) is 11.2. The molecule has 2 bridgehead atoms. The van der Waals surface area contributed by atoms with Crippen molar-refractivity contribution < 1.29 is 23.8 Å². The molecule has 3 heterocycles. The first-order valence-corrected chi connectivity index (χ1v) is 15.0. The van der Waals surface area contributed by atoms with Crippen LogP contribution in [0.15, 0.2) is 53.7 Å². The number of aliphatic hydroxyl groups excluding tert-OH is 1. The Morgan fingerprint density at radius 2 is 1.74 bits per heavy atom. The van der Waals surface area contributed by atoms with Gasteiger partial charge in [0, 0.05) is 53.6 Å². The molecule has 1 unspecified atom stereocenters. The van der Waals surface area contributed by atoms with Crippen LogP contribution in [0, 0.1) is 29.4 Å². The Morgan fingerprint density at radius 3 is 2.47 bits per heavy atom. The molecule has 4 aromatic rings. The van der Waals surface area contributed by atoms with Crippen molar-refractivity contribution in [2.45, 2.75) is 51.2 Å². The smallest absolute Gasteiger partial charge is 0.312 e. The summed E-state index contributed by atoms with van der Waals surface area (Å²) in [6, 6.07) is 11.3. The molecule has 8 nitrogen and oxygen atoms in total. The van der Waals surface area contributed by atoms with Gasteiger partial charge in [0.05, 0.1) is 17.1 Å². The van der Waals surface area contributed by atoms with E-state index in [-0.39, 0.29) is 23.2 Å². The summed E-state index contributed by atoms with van der Waals surface area (Å²) in [6.45, 7) is 1.71. The summed E-state index contributed by atoms with van der Waals surface area (Å²) in [5.41, 5.74) is 3.25. The van der Waals surface area contributed by atoms with Gasteiger partial charge in [-0.15, -0.1) is 0 Å². The van der Waals surface area contributed by atoms with Crippen molar-refractivity contribution in [2.75, 3.05) is 13.1 Å². The van der Waals surface area contributed by atoms with Crippen LogP contribution in [0.2, 0.25) is 0 Å². The first kappa shape index (κ1) is 27.8. The Labute approximate surface area is 247 Å². The molecule has 4 fully saturated rings. The fraction of sp³-hybridized carbons (Fsp3) is 0.394. The number of aliphatic hydroxyl groups is 1. The molecule has 0 amide bonds. The van der Waals surface area contributed by atoms with E-state index < -0.39 is 29.7 Å². The number of likely N-dealkylation sites (tertiary alicyclic amines) is 1. The number of aliphatic imine (C=N–C) groups is 1. The van der Waals surface area contributed by atoms with Gasteiger partial charge in [-0.1, -0.05) is 30.7 Å². The van der Waals surface area contributed by atoms with Gasteiger partial charge in [0.15, 0.2) is 11.6 Å². The minimum Gasteiger partial charge on any atom is -0.481 e. The van der Waals surface area contributed by atoms with E-state index in [4.69, 9.17) is 9.98 Å². The first-order chi connectivity index (χ1) is 20.9. The van der Waals surface area contributed by atoms with Gasteiger partial charge in [0.25, 0.3) is 0 Å². The summed E-state index contributed by atoms with van der Waals surface area (Å²) < 4.78 is 28.8. The van der Waals surface area contributed by atoms with Crippen molar-refractivity contribution in [2.24, 2.45) is 22.7 Å². The molecule has 2 atom stereocenters. The fourth-order valence-electron chi connectivity index (χ4n) is 7.16. The topological polar surface area (TPSA) is 115 Å². The molecule has 4 aliphatic rings. The second-order valence-electron chi connectivity index (χ2n) is 12.0. The van der Waals surface area contributed by atoms with E-state index in [1.165, 1.54) is 12.5 Å². The molecule has 0 spiro atoms. The standard InChI is InChI=1S/C33H33F2N5O3/c34-22-14-23-24(17-36-30(23)25(35)15-22)31-37-26(18-4-10-21(11-5-18)32(41)40-12-2-1-3-13-40)16-27(39-31)38-29-20-8-6-19(7-9-20)28(29)33(42)43/h4-5,10-11,14-17,19-20,28,32,36,41H,1-3,6-9,12-13H2,(H,42,43)/t19?,20?,28-,32?/m1/s1. The number of aromatic nitrogens is 3. The van der Waals surface area contributed by atoms with Crippen LogP contribution in [0.1, 0.15) is 56.7 Å². The Hall–Kier alpha value is -4.02. The molecular formula is C33H33F2N5O3. The van der Waals surface area contributed by atoms with Gasteiger partial charge in [0.1, 0.15) is 17.9 Å². The summed E-state index contributed by atoms with van der Waals surface area (Å²) in [6.07, 6.45) is 7.72. The summed E-state index contributed by atoms with van der Waals surface area (Å²) in [5.74, 6) is -2.29. The van der Waals surface area contributed by atoms with E-state index >= 15 is 0 Å². The SMILES string of the molecule is O=C(O)[C@H]1C(=Nc2cc(-c3ccc(C(O)N4CCCCC4)cc3)nc(-c3c[nH]c4c(F)cc(F)cc34)n2)C2CCC1CC2. The lowest BCUT2D eigenvalue weighted by atomic mass is 9.63. The predicted octanol–water partition coefficient (Wildman–Crippen LogP) is 6.64. The number of piperidine rings is 1. The lowest BCUT2D eigenvalue weighted by Gasteiger charge is -2.41. The first-order valence-electron chi connectivity index (χ1n) is 15.0. The van der Waals surface area contributed by atoms with Crippen LogP contribution in [0.5, 0.6) is 0 Å². The van der Waals surface area contributed by atoms with Crippen molar-refractivity contribution in [3.8, 4) is 22.6 Å². The number of halogens is 2. The number of H-pyrrole nitrogens is 1. The number of rotatable bonds is 6. The maximum atomic E-state index is 14.5. The molecule has 222 valence electrons. The highest BCUT2D eigenvalue weighted by Crippen LogP contribution is 2.44. The van der Waals surface area contributed by atoms with Crippen LogP contribution >= 0.6 is 0 Å². The predicted molar refractivity (Wildman–Crippen MR) is 159 cm³/mol. The Balaban J connectivity index is 1.32. The molecule has 3 N–H and O–H groups in total. The van der Waals surface area contributed by atoms with Gasteiger partial charge < -0.3 is 15.2 Å². The summed E-state index contributed by atoms with van der Waals surface area (Å²) >= 11 is 0. The van der Waals surface area contributed by atoms with Gasteiger partial charge in [-0.2, -0.15) is 0 Å². The molecule has 43 heavy (non-hydrogen) atoms. The van der Waals surface area contributed by atoms with E-state index in [1.54, 1.807) is 12.3 Å². The fourth-order valence-corrected chi connectivity index (χ4v) is 7.16. The van der Waals surface area contributed by atoms with Gasteiger partial charge >= 0.3 is 5.97 Å². The number of carboxylic acid groups (broad SMARTS) is 1. The minimum atomic E-state index is -0.868. The molecular weight excluding hydrogens is 552 g/mol. The number of hydrogen-bond acceptors (Lipinski definition) is 6. The monoisotopic (exact) mass is 585 g/mol.